The number of fused-ring (bicyclic) bond motifs is 1. The van der Waals surface area contributed by atoms with Gasteiger partial charge in [-0.3, -0.25) is 0 Å². The number of ether oxygens (including phenoxy) is 1. The van der Waals surface area contributed by atoms with E-state index in [-0.39, 0.29) is 0 Å². The standard InChI is InChI=1S/C15H14N2OS/c1-9-3-5-12(7-10(9)2)18-15-17-13-6-4-11(16)8-14(13)19-15/h3-8H,16H2,1-2H3. The van der Waals surface area contributed by atoms with E-state index in [0.29, 0.717) is 5.19 Å². The summed E-state index contributed by atoms with van der Waals surface area (Å²) in [6.07, 6.45) is 0. The van der Waals surface area contributed by atoms with E-state index in [1.165, 1.54) is 22.5 Å². The van der Waals surface area contributed by atoms with Crippen LogP contribution in [0.4, 0.5) is 5.69 Å². The molecule has 0 atom stereocenters. The van der Waals surface area contributed by atoms with Gasteiger partial charge in [-0.1, -0.05) is 17.4 Å². The number of rotatable bonds is 2. The largest absolute Gasteiger partial charge is 0.431 e. The van der Waals surface area contributed by atoms with Crippen LogP contribution in [-0.2, 0) is 0 Å². The summed E-state index contributed by atoms with van der Waals surface area (Å²) in [4.78, 5) is 4.44. The first-order chi connectivity index (χ1) is 9.11. The van der Waals surface area contributed by atoms with E-state index in [1.54, 1.807) is 0 Å². The normalized spacial score (nSPS) is 10.8. The number of thiazole rings is 1. The zero-order valence-electron chi connectivity index (χ0n) is 10.8. The van der Waals surface area contributed by atoms with Crippen molar-refractivity contribution in [1.29, 1.82) is 0 Å². The smallest absolute Gasteiger partial charge is 0.279 e. The summed E-state index contributed by atoms with van der Waals surface area (Å²) in [5.41, 5.74) is 9.88. The van der Waals surface area contributed by atoms with Crippen LogP contribution in [0.15, 0.2) is 36.4 Å². The Balaban J connectivity index is 1.94. The summed E-state index contributed by atoms with van der Waals surface area (Å²) in [5.74, 6) is 0.815. The van der Waals surface area contributed by atoms with Gasteiger partial charge < -0.3 is 10.5 Å². The van der Waals surface area contributed by atoms with Gasteiger partial charge in [-0.15, -0.1) is 0 Å². The van der Waals surface area contributed by atoms with Gasteiger partial charge in [0.1, 0.15) is 5.75 Å². The minimum absolute atomic E-state index is 0.642. The molecule has 1 aromatic heterocycles. The third-order valence-electron chi connectivity index (χ3n) is 3.08. The van der Waals surface area contributed by atoms with E-state index >= 15 is 0 Å². The second-order valence-electron chi connectivity index (χ2n) is 4.56. The Bertz CT molecular complexity index is 749. The first-order valence-corrected chi connectivity index (χ1v) is 6.84. The van der Waals surface area contributed by atoms with E-state index in [0.717, 1.165) is 21.7 Å². The lowest BCUT2D eigenvalue weighted by Gasteiger charge is -2.04. The van der Waals surface area contributed by atoms with Crippen LogP contribution in [0.1, 0.15) is 11.1 Å². The molecule has 0 aliphatic rings. The average Bonchev–Trinajstić information content (AvgIpc) is 2.75. The van der Waals surface area contributed by atoms with Gasteiger partial charge in [0.05, 0.1) is 10.2 Å². The fourth-order valence-electron chi connectivity index (χ4n) is 1.84. The monoisotopic (exact) mass is 270 g/mol. The summed E-state index contributed by atoms with van der Waals surface area (Å²) in [5, 5.41) is 0.642. The highest BCUT2D eigenvalue weighted by Crippen LogP contribution is 2.32. The lowest BCUT2D eigenvalue weighted by atomic mass is 10.1. The molecule has 3 nitrogen and oxygen atoms in total. The molecule has 4 heteroatoms. The van der Waals surface area contributed by atoms with Crippen molar-refractivity contribution >= 4 is 27.2 Å². The molecule has 96 valence electrons. The van der Waals surface area contributed by atoms with Crippen molar-refractivity contribution in [2.24, 2.45) is 0 Å². The predicted octanol–water partition coefficient (Wildman–Crippen LogP) is 4.29. The first-order valence-electron chi connectivity index (χ1n) is 6.03. The van der Waals surface area contributed by atoms with Crippen molar-refractivity contribution in [3.63, 3.8) is 0 Å². The van der Waals surface area contributed by atoms with E-state index in [2.05, 4.69) is 24.9 Å². The quantitative estimate of drug-likeness (QED) is 0.707. The molecule has 0 saturated heterocycles. The molecule has 0 fully saturated rings. The van der Waals surface area contributed by atoms with Crippen molar-refractivity contribution in [3.05, 3.63) is 47.5 Å². The average molecular weight is 270 g/mol. The topological polar surface area (TPSA) is 48.1 Å². The van der Waals surface area contributed by atoms with Gasteiger partial charge in [0, 0.05) is 5.69 Å². The molecule has 2 N–H and O–H groups in total. The second kappa shape index (κ2) is 4.55. The van der Waals surface area contributed by atoms with Gasteiger partial charge in [-0.25, -0.2) is 4.98 Å². The minimum atomic E-state index is 0.642. The Morgan fingerprint density at radius 3 is 2.68 bits per heavy atom. The summed E-state index contributed by atoms with van der Waals surface area (Å²) in [6.45, 7) is 4.15. The summed E-state index contributed by atoms with van der Waals surface area (Å²) >= 11 is 1.50. The van der Waals surface area contributed by atoms with Gasteiger partial charge in [0.2, 0.25) is 0 Å². The fourth-order valence-corrected chi connectivity index (χ4v) is 2.73. The third-order valence-corrected chi connectivity index (χ3v) is 3.97. The van der Waals surface area contributed by atoms with Gasteiger partial charge in [-0.05, 0) is 55.3 Å². The molecule has 0 saturated carbocycles. The summed E-state index contributed by atoms with van der Waals surface area (Å²) in [6, 6.07) is 11.7. The Labute approximate surface area is 115 Å². The molecule has 1 heterocycles. The number of nitrogens with two attached hydrogens (primary N) is 1. The number of aromatic nitrogens is 1. The van der Waals surface area contributed by atoms with Crippen molar-refractivity contribution in [1.82, 2.24) is 4.98 Å². The summed E-state index contributed by atoms with van der Waals surface area (Å²) in [7, 11) is 0. The van der Waals surface area contributed by atoms with E-state index in [1.807, 2.05) is 30.3 Å². The maximum absolute atomic E-state index is 5.81. The van der Waals surface area contributed by atoms with Crippen LogP contribution in [0, 0.1) is 13.8 Å². The molecule has 0 aliphatic heterocycles. The molecule has 3 rings (SSSR count). The summed E-state index contributed by atoms with van der Waals surface area (Å²) < 4.78 is 6.85. The van der Waals surface area contributed by atoms with Crippen molar-refractivity contribution < 1.29 is 4.74 Å². The predicted molar refractivity (Wildman–Crippen MR) is 80.0 cm³/mol. The zero-order chi connectivity index (χ0) is 13.4. The lowest BCUT2D eigenvalue weighted by molar-refractivity contribution is 0.479. The number of benzene rings is 2. The van der Waals surface area contributed by atoms with Crippen molar-refractivity contribution in [2.75, 3.05) is 5.73 Å². The van der Waals surface area contributed by atoms with Gasteiger partial charge >= 0.3 is 0 Å². The lowest BCUT2D eigenvalue weighted by Crippen LogP contribution is -1.86. The number of nitrogens with zero attached hydrogens (tertiary/aromatic N) is 1. The molecular weight excluding hydrogens is 256 g/mol. The highest BCUT2D eigenvalue weighted by molar-refractivity contribution is 7.20. The number of hydrogen-bond donors (Lipinski definition) is 1. The molecule has 0 spiro atoms. The third kappa shape index (κ3) is 2.39. The van der Waals surface area contributed by atoms with Crippen LogP contribution in [0.3, 0.4) is 0 Å². The molecule has 0 aliphatic carbocycles. The molecule has 0 amide bonds. The van der Waals surface area contributed by atoms with Crippen molar-refractivity contribution in [2.45, 2.75) is 13.8 Å². The van der Waals surface area contributed by atoms with Gasteiger partial charge in [-0.2, -0.15) is 0 Å². The van der Waals surface area contributed by atoms with Crippen LogP contribution in [-0.4, -0.2) is 4.98 Å². The molecule has 3 aromatic rings. The van der Waals surface area contributed by atoms with E-state index < -0.39 is 0 Å². The highest BCUT2D eigenvalue weighted by Gasteiger charge is 2.06. The Kier molecular flexibility index (Phi) is 2.87. The second-order valence-corrected chi connectivity index (χ2v) is 5.55. The Morgan fingerprint density at radius 1 is 1.05 bits per heavy atom. The maximum Gasteiger partial charge on any atom is 0.279 e. The Hall–Kier alpha value is -2.07. The fraction of sp³-hybridized carbons (Fsp3) is 0.133. The van der Waals surface area contributed by atoms with Crippen LogP contribution >= 0.6 is 11.3 Å². The molecule has 19 heavy (non-hydrogen) atoms. The molecule has 0 unspecified atom stereocenters. The van der Waals surface area contributed by atoms with Crippen molar-refractivity contribution in [3.8, 4) is 10.9 Å². The number of aryl methyl sites for hydroxylation is 2. The number of nitrogen functional groups attached to an aromatic ring is 1. The van der Waals surface area contributed by atoms with Crippen LogP contribution in [0.2, 0.25) is 0 Å². The first kappa shape index (κ1) is 12.0. The number of anilines is 1. The van der Waals surface area contributed by atoms with Gasteiger partial charge in [0.25, 0.3) is 5.19 Å². The van der Waals surface area contributed by atoms with Crippen LogP contribution in [0.5, 0.6) is 10.9 Å². The maximum atomic E-state index is 5.81. The van der Waals surface area contributed by atoms with Crippen LogP contribution in [0.25, 0.3) is 10.2 Å². The van der Waals surface area contributed by atoms with Gasteiger partial charge in [0.15, 0.2) is 0 Å². The molecule has 0 bridgehead atoms. The van der Waals surface area contributed by atoms with E-state index in [4.69, 9.17) is 10.5 Å². The highest BCUT2D eigenvalue weighted by atomic mass is 32.1. The molecule has 2 aromatic carbocycles. The molecular formula is C15H14N2OS. The van der Waals surface area contributed by atoms with E-state index in [9.17, 15) is 0 Å². The number of hydrogen-bond acceptors (Lipinski definition) is 4. The molecule has 0 radical (unpaired) electrons. The SMILES string of the molecule is Cc1ccc(Oc2nc3ccc(N)cc3s2)cc1C. The minimum Gasteiger partial charge on any atom is -0.431 e. The van der Waals surface area contributed by atoms with Crippen LogP contribution < -0.4 is 10.5 Å². The zero-order valence-corrected chi connectivity index (χ0v) is 11.6. The Morgan fingerprint density at radius 2 is 1.89 bits per heavy atom.